The van der Waals surface area contributed by atoms with Gasteiger partial charge in [0.15, 0.2) is 0 Å². The molecule has 0 radical (unpaired) electrons. The van der Waals surface area contributed by atoms with Crippen LogP contribution < -0.4 is 0 Å². The van der Waals surface area contributed by atoms with Crippen molar-refractivity contribution in [2.24, 2.45) is 0 Å². The molecule has 3 rings (SSSR count). The molecule has 0 spiro atoms. The van der Waals surface area contributed by atoms with E-state index in [1.165, 1.54) is 18.4 Å². The molecule has 20 heavy (non-hydrogen) atoms. The molecular weight excluding hydrogens is 316 g/mol. The van der Waals surface area contributed by atoms with E-state index >= 15 is 0 Å². The van der Waals surface area contributed by atoms with Crippen molar-refractivity contribution >= 4 is 15.9 Å². The van der Waals surface area contributed by atoms with Crippen LogP contribution in [-0.4, -0.2) is 14.9 Å². The lowest BCUT2D eigenvalue weighted by Gasteiger charge is -2.17. The van der Waals surface area contributed by atoms with Crippen LogP contribution in [0.5, 0.6) is 0 Å². The van der Waals surface area contributed by atoms with E-state index in [-0.39, 0.29) is 6.04 Å². The minimum absolute atomic E-state index is 0.219. The summed E-state index contributed by atoms with van der Waals surface area (Å²) in [5, 5.41) is 15.0. The summed E-state index contributed by atoms with van der Waals surface area (Å²) in [5.74, 6) is 0.745. The lowest BCUT2D eigenvalue weighted by atomic mass is 10.0. The highest BCUT2D eigenvalue weighted by Gasteiger charge is 2.24. The normalized spacial score (nSPS) is 16.6. The molecule has 1 N–H and O–H groups in total. The summed E-state index contributed by atoms with van der Waals surface area (Å²) >= 11 is 3.49. The standard InChI is InChI=1S/C16H19BrN2O/c1-10(2)19-15(14(17)9-18-19)16(20)13-7-5-12(6-8-13)11-3-4-11/h5-11,16,20H,3-4H2,1-2H3. The van der Waals surface area contributed by atoms with Gasteiger partial charge in [0, 0.05) is 6.04 Å². The van der Waals surface area contributed by atoms with Gasteiger partial charge < -0.3 is 5.11 Å². The Bertz CT molecular complexity index is 599. The van der Waals surface area contributed by atoms with Gasteiger partial charge in [-0.05, 0) is 59.7 Å². The number of rotatable bonds is 4. The molecule has 1 aliphatic carbocycles. The second kappa shape index (κ2) is 5.34. The molecule has 0 saturated heterocycles. The highest BCUT2D eigenvalue weighted by molar-refractivity contribution is 9.10. The molecule has 1 aromatic heterocycles. The van der Waals surface area contributed by atoms with Crippen molar-refractivity contribution in [2.75, 3.05) is 0 Å². The molecule has 1 saturated carbocycles. The van der Waals surface area contributed by atoms with Crippen molar-refractivity contribution in [2.45, 2.75) is 44.8 Å². The third kappa shape index (κ3) is 2.54. The number of hydrogen-bond acceptors (Lipinski definition) is 2. The predicted molar refractivity (Wildman–Crippen MR) is 82.8 cm³/mol. The fourth-order valence-corrected chi connectivity index (χ4v) is 3.03. The van der Waals surface area contributed by atoms with Crippen LogP contribution in [0, 0.1) is 0 Å². The van der Waals surface area contributed by atoms with Crippen molar-refractivity contribution in [1.29, 1.82) is 0 Å². The Balaban J connectivity index is 1.91. The van der Waals surface area contributed by atoms with Gasteiger partial charge in [0.25, 0.3) is 0 Å². The fourth-order valence-electron chi connectivity index (χ4n) is 2.54. The summed E-state index contributed by atoms with van der Waals surface area (Å²) in [6.45, 7) is 4.12. The molecule has 1 aromatic carbocycles. The van der Waals surface area contributed by atoms with E-state index in [1.54, 1.807) is 6.20 Å². The Hall–Kier alpha value is -1.13. The molecule has 1 unspecified atom stereocenters. The van der Waals surface area contributed by atoms with Gasteiger partial charge in [-0.2, -0.15) is 5.10 Å². The summed E-state index contributed by atoms with van der Waals surface area (Å²) in [7, 11) is 0. The van der Waals surface area contributed by atoms with Gasteiger partial charge in [-0.15, -0.1) is 0 Å². The molecule has 2 aromatic rings. The van der Waals surface area contributed by atoms with Crippen molar-refractivity contribution in [3.05, 3.63) is 51.8 Å². The van der Waals surface area contributed by atoms with E-state index in [2.05, 4.69) is 47.0 Å². The third-order valence-electron chi connectivity index (χ3n) is 3.84. The second-order valence-electron chi connectivity index (χ2n) is 5.76. The molecule has 1 heterocycles. The molecule has 106 valence electrons. The van der Waals surface area contributed by atoms with Crippen LogP contribution in [0.25, 0.3) is 0 Å². The monoisotopic (exact) mass is 334 g/mol. The summed E-state index contributed by atoms with van der Waals surface area (Å²) in [6, 6.07) is 8.56. The molecular formula is C16H19BrN2O. The van der Waals surface area contributed by atoms with Gasteiger partial charge in [0.1, 0.15) is 6.10 Å². The zero-order valence-electron chi connectivity index (χ0n) is 11.8. The number of aliphatic hydroxyl groups excluding tert-OH is 1. The first-order chi connectivity index (χ1) is 9.58. The van der Waals surface area contributed by atoms with E-state index in [1.807, 2.05) is 16.8 Å². The van der Waals surface area contributed by atoms with Crippen LogP contribution in [0.3, 0.4) is 0 Å². The Morgan fingerprint density at radius 3 is 2.45 bits per heavy atom. The highest BCUT2D eigenvalue weighted by atomic mass is 79.9. The molecule has 3 nitrogen and oxygen atoms in total. The van der Waals surface area contributed by atoms with Crippen molar-refractivity contribution < 1.29 is 5.11 Å². The first kappa shape index (κ1) is 13.8. The first-order valence-corrected chi connectivity index (χ1v) is 7.88. The summed E-state index contributed by atoms with van der Waals surface area (Å²) < 4.78 is 2.72. The number of benzene rings is 1. The Labute approximate surface area is 127 Å². The maximum Gasteiger partial charge on any atom is 0.122 e. The molecule has 4 heteroatoms. The molecule has 0 aliphatic heterocycles. The fraction of sp³-hybridized carbons (Fsp3) is 0.438. The lowest BCUT2D eigenvalue weighted by molar-refractivity contribution is 0.204. The van der Waals surface area contributed by atoms with E-state index in [0.717, 1.165) is 21.6 Å². The first-order valence-electron chi connectivity index (χ1n) is 7.08. The summed E-state index contributed by atoms with van der Waals surface area (Å²) in [4.78, 5) is 0. The Morgan fingerprint density at radius 2 is 1.90 bits per heavy atom. The lowest BCUT2D eigenvalue weighted by Crippen LogP contribution is -2.12. The summed E-state index contributed by atoms with van der Waals surface area (Å²) in [5.41, 5.74) is 3.12. The third-order valence-corrected chi connectivity index (χ3v) is 4.45. The predicted octanol–water partition coefficient (Wildman–Crippen LogP) is 4.19. The minimum atomic E-state index is -0.650. The van der Waals surface area contributed by atoms with Crippen LogP contribution in [-0.2, 0) is 0 Å². The number of aliphatic hydroxyl groups is 1. The maximum atomic E-state index is 10.6. The minimum Gasteiger partial charge on any atom is -0.382 e. The number of aromatic nitrogens is 2. The number of hydrogen-bond donors (Lipinski definition) is 1. The van der Waals surface area contributed by atoms with Crippen LogP contribution >= 0.6 is 15.9 Å². The molecule has 1 fully saturated rings. The largest absolute Gasteiger partial charge is 0.382 e. The average Bonchev–Trinajstić information content (AvgIpc) is 3.21. The quantitative estimate of drug-likeness (QED) is 0.910. The maximum absolute atomic E-state index is 10.6. The van der Waals surface area contributed by atoms with Crippen LogP contribution in [0.1, 0.15) is 61.6 Å². The second-order valence-corrected chi connectivity index (χ2v) is 6.61. The number of nitrogens with zero attached hydrogens (tertiary/aromatic N) is 2. The van der Waals surface area contributed by atoms with Gasteiger partial charge >= 0.3 is 0 Å². The van der Waals surface area contributed by atoms with Gasteiger partial charge in [-0.1, -0.05) is 24.3 Å². The summed E-state index contributed by atoms with van der Waals surface area (Å²) in [6.07, 6.45) is 3.70. The van der Waals surface area contributed by atoms with Crippen molar-refractivity contribution in [3.8, 4) is 0 Å². The van der Waals surface area contributed by atoms with Crippen LogP contribution in [0.2, 0.25) is 0 Å². The zero-order valence-corrected chi connectivity index (χ0v) is 13.3. The molecule has 1 atom stereocenters. The van der Waals surface area contributed by atoms with E-state index in [4.69, 9.17) is 0 Å². The zero-order chi connectivity index (χ0) is 14.3. The molecule has 0 amide bonds. The topological polar surface area (TPSA) is 38.0 Å². The van der Waals surface area contributed by atoms with Gasteiger partial charge in [-0.25, -0.2) is 0 Å². The van der Waals surface area contributed by atoms with Gasteiger partial charge in [-0.3, -0.25) is 4.68 Å². The highest BCUT2D eigenvalue weighted by Crippen LogP contribution is 2.40. The average molecular weight is 335 g/mol. The van der Waals surface area contributed by atoms with Gasteiger partial charge in [0.2, 0.25) is 0 Å². The van der Waals surface area contributed by atoms with Crippen molar-refractivity contribution in [1.82, 2.24) is 9.78 Å². The number of halogens is 1. The van der Waals surface area contributed by atoms with Crippen molar-refractivity contribution in [3.63, 3.8) is 0 Å². The van der Waals surface area contributed by atoms with Crippen LogP contribution in [0.4, 0.5) is 0 Å². The van der Waals surface area contributed by atoms with Gasteiger partial charge in [0.05, 0.1) is 16.4 Å². The van der Waals surface area contributed by atoms with Crippen LogP contribution in [0.15, 0.2) is 34.9 Å². The van der Waals surface area contributed by atoms with E-state index in [9.17, 15) is 5.11 Å². The molecule has 1 aliphatic rings. The van der Waals surface area contributed by atoms with E-state index < -0.39 is 6.10 Å². The Morgan fingerprint density at radius 1 is 1.25 bits per heavy atom. The smallest absolute Gasteiger partial charge is 0.122 e. The Kier molecular flexibility index (Phi) is 3.69. The molecule has 0 bridgehead atoms. The SMILES string of the molecule is CC(C)n1ncc(Br)c1C(O)c1ccc(C2CC2)cc1. The van der Waals surface area contributed by atoms with E-state index in [0.29, 0.717) is 0 Å².